The fraction of sp³-hybridized carbons (Fsp3) is 0.529. The molecule has 0 aliphatic carbocycles. The van der Waals surface area contributed by atoms with Crippen molar-refractivity contribution in [1.82, 2.24) is 4.90 Å². The van der Waals surface area contributed by atoms with Crippen LogP contribution in [0.1, 0.15) is 6.42 Å². The van der Waals surface area contributed by atoms with Gasteiger partial charge in [0.2, 0.25) is 11.8 Å². The van der Waals surface area contributed by atoms with E-state index < -0.39 is 0 Å². The zero-order valence-electron chi connectivity index (χ0n) is 14.3. The number of hydrogen-bond acceptors (Lipinski definition) is 5. The summed E-state index contributed by atoms with van der Waals surface area (Å²) < 4.78 is 5.35. The molecule has 0 aromatic heterocycles. The van der Waals surface area contributed by atoms with Crippen LogP contribution < -0.4 is 10.2 Å². The second kappa shape index (κ2) is 9.54. The molecule has 0 spiro atoms. The van der Waals surface area contributed by atoms with E-state index in [0.29, 0.717) is 6.42 Å². The Labute approximate surface area is 147 Å². The maximum Gasteiger partial charge on any atom is 0.243 e. The van der Waals surface area contributed by atoms with Gasteiger partial charge in [-0.1, -0.05) is 0 Å². The molecule has 7 heteroatoms. The molecule has 1 fully saturated rings. The van der Waals surface area contributed by atoms with E-state index in [1.165, 1.54) is 4.90 Å². The van der Waals surface area contributed by atoms with Crippen molar-refractivity contribution in [3.8, 4) is 0 Å². The molecule has 1 aliphatic rings. The fourth-order valence-electron chi connectivity index (χ4n) is 2.46. The van der Waals surface area contributed by atoms with Gasteiger partial charge in [0.1, 0.15) is 0 Å². The third-order valence-electron chi connectivity index (χ3n) is 3.85. The van der Waals surface area contributed by atoms with E-state index >= 15 is 0 Å². The van der Waals surface area contributed by atoms with Crippen LogP contribution in [0, 0.1) is 0 Å². The van der Waals surface area contributed by atoms with Gasteiger partial charge in [0, 0.05) is 43.7 Å². The first-order valence-corrected chi connectivity index (χ1v) is 9.45. The number of likely N-dealkylation sites (N-methyl/N-ethyl adjacent to an activating group) is 1. The van der Waals surface area contributed by atoms with Gasteiger partial charge in [0.25, 0.3) is 0 Å². The van der Waals surface area contributed by atoms with Crippen LogP contribution in [0.25, 0.3) is 0 Å². The van der Waals surface area contributed by atoms with Gasteiger partial charge < -0.3 is 19.9 Å². The summed E-state index contributed by atoms with van der Waals surface area (Å²) in [6, 6.07) is 7.76. The summed E-state index contributed by atoms with van der Waals surface area (Å²) in [7, 11) is 1.66. The van der Waals surface area contributed by atoms with Crippen LogP contribution in [0.2, 0.25) is 0 Å². The Morgan fingerprint density at radius 2 is 1.92 bits per heavy atom. The standard InChI is InChI=1S/C17H25N3O3S/c1-19(17(22)7-12-24-2)13-16(21)18-14-3-5-15(6-4-14)20-8-10-23-11-9-20/h3-6H,7-13H2,1-2H3,(H,18,21). The number of rotatable bonds is 7. The molecule has 1 aliphatic heterocycles. The largest absolute Gasteiger partial charge is 0.378 e. The lowest BCUT2D eigenvalue weighted by Gasteiger charge is -2.28. The number of carbonyl (C=O) groups is 2. The normalized spacial score (nSPS) is 14.3. The molecule has 2 amide bonds. The number of benzene rings is 1. The first-order chi connectivity index (χ1) is 11.6. The fourth-order valence-corrected chi connectivity index (χ4v) is 2.84. The van der Waals surface area contributed by atoms with Crippen LogP contribution in [-0.2, 0) is 14.3 Å². The Morgan fingerprint density at radius 1 is 1.25 bits per heavy atom. The average molecular weight is 351 g/mol. The Balaban J connectivity index is 1.82. The molecule has 132 valence electrons. The van der Waals surface area contributed by atoms with Gasteiger partial charge in [-0.3, -0.25) is 9.59 Å². The Bertz CT molecular complexity index is 545. The molecule has 0 unspecified atom stereocenters. The molecule has 1 N–H and O–H groups in total. The summed E-state index contributed by atoms with van der Waals surface area (Å²) >= 11 is 1.62. The minimum atomic E-state index is -0.186. The van der Waals surface area contributed by atoms with Crippen molar-refractivity contribution in [3.05, 3.63) is 24.3 Å². The third-order valence-corrected chi connectivity index (χ3v) is 4.47. The van der Waals surface area contributed by atoms with Crippen LogP contribution in [0.15, 0.2) is 24.3 Å². The lowest BCUT2D eigenvalue weighted by Crippen LogP contribution is -2.36. The SMILES string of the molecule is CSCCC(=O)N(C)CC(=O)Nc1ccc(N2CCOCC2)cc1. The Hall–Kier alpha value is -1.73. The molecule has 1 aromatic carbocycles. The molecule has 0 radical (unpaired) electrons. The number of carbonyl (C=O) groups excluding carboxylic acids is 2. The number of amides is 2. The molecular weight excluding hydrogens is 326 g/mol. The highest BCUT2D eigenvalue weighted by molar-refractivity contribution is 7.98. The topological polar surface area (TPSA) is 61.9 Å². The van der Waals surface area contributed by atoms with Crippen molar-refractivity contribution in [2.24, 2.45) is 0 Å². The van der Waals surface area contributed by atoms with Gasteiger partial charge in [0.15, 0.2) is 0 Å². The number of anilines is 2. The highest BCUT2D eigenvalue weighted by atomic mass is 32.2. The molecule has 1 aromatic rings. The number of thioether (sulfide) groups is 1. The van der Waals surface area contributed by atoms with Crippen LogP contribution in [0.5, 0.6) is 0 Å². The van der Waals surface area contributed by atoms with Gasteiger partial charge in [-0.2, -0.15) is 11.8 Å². The average Bonchev–Trinajstić information content (AvgIpc) is 2.61. The molecular formula is C17H25N3O3S. The van der Waals surface area contributed by atoms with Crippen molar-refractivity contribution in [2.75, 3.05) is 62.1 Å². The zero-order chi connectivity index (χ0) is 17.4. The van der Waals surface area contributed by atoms with Crippen LogP contribution in [0.3, 0.4) is 0 Å². The predicted molar refractivity (Wildman–Crippen MR) is 98.7 cm³/mol. The number of hydrogen-bond donors (Lipinski definition) is 1. The van der Waals surface area contributed by atoms with Gasteiger partial charge in [-0.05, 0) is 30.5 Å². The molecule has 0 atom stereocenters. The number of nitrogens with one attached hydrogen (secondary N) is 1. The van der Waals surface area contributed by atoms with Crippen molar-refractivity contribution < 1.29 is 14.3 Å². The summed E-state index contributed by atoms with van der Waals surface area (Å²) in [4.78, 5) is 27.6. The predicted octanol–water partition coefficient (Wildman–Crippen LogP) is 1.67. The summed E-state index contributed by atoms with van der Waals surface area (Å²) in [6.45, 7) is 3.33. The molecule has 1 saturated heterocycles. The van der Waals surface area contributed by atoms with Crippen molar-refractivity contribution in [3.63, 3.8) is 0 Å². The monoisotopic (exact) mass is 351 g/mol. The highest BCUT2D eigenvalue weighted by Crippen LogP contribution is 2.19. The quantitative estimate of drug-likeness (QED) is 0.810. The summed E-state index contributed by atoms with van der Waals surface area (Å²) in [5.41, 5.74) is 1.86. The zero-order valence-corrected chi connectivity index (χ0v) is 15.1. The van der Waals surface area contributed by atoms with E-state index in [-0.39, 0.29) is 18.4 Å². The Morgan fingerprint density at radius 3 is 2.54 bits per heavy atom. The molecule has 1 heterocycles. The number of ether oxygens (including phenoxy) is 1. The van der Waals surface area contributed by atoms with E-state index in [1.807, 2.05) is 30.5 Å². The van der Waals surface area contributed by atoms with Gasteiger partial charge >= 0.3 is 0 Å². The van der Waals surface area contributed by atoms with E-state index in [1.54, 1.807) is 18.8 Å². The number of nitrogens with zero attached hydrogens (tertiary/aromatic N) is 2. The summed E-state index contributed by atoms with van der Waals surface area (Å²) in [5, 5.41) is 2.83. The lowest BCUT2D eigenvalue weighted by molar-refractivity contribution is -0.132. The highest BCUT2D eigenvalue weighted by Gasteiger charge is 2.14. The van der Waals surface area contributed by atoms with Gasteiger partial charge in [-0.25, -0.2) is 0 Å². The minimum Gasteiger partial charge on any atom is -0.378 e. The maximum absolute atomic E-state index is 12.1. The second-order valence-corrected chi connectivity index (χ2v) is 6.67. The molecule has 2 rings (SSSR count). The molecule has 6 nitrogen and oxygen atoms in total. The van der Waals surface area contributed by atoms with Crippen molar-refractivity contribution >= 4 is 35.0 Å². The van der Waals surface area contributed by atoms with E-state index in [4.69, 9.17) is 4.74 Å². The first-order valence-electron chi connectivity index (χ1n) is 8.05. The maximum atomic E-state index is 12.1. The third kappa shape index (κ3) is 5.72. The Kier molecular flexibility index (Phi) is 7.39. The van der Waals surface area contributed by atoms with E-state index in [0.717, 1.165) is 43.4 Å². The smallest absolute Gasteiger partial charge is 0.243 e. The lowest BCUT2D eigenvalue weighted by atomic mass is 10.2. The van der Waals surface area contributed by atoms with Gasteiger partial charge in [0.05, 0.1) is 19.8 Å². The minimum absolute atomic E-state index is 0.0119. The second-order valence-electron chi connectivity index (χ2n) is 5.69. The van der Waals surface area contributed by atoms with Crippen LogP contribution in [0.4, 0.5) is 11.4 Å². The van der Waals surface area contributed by atoms with Crippen molar-refractivity contribution in [1.29, 1.82) is 0 Å². The van der Waals surface area contributed by atoms with Gasteiger partial charge in [-0.15, -0.1) is 0 Å². The van der Waals surface area contributed by atoms with Crippen molar-refractivity contribution in [2.45, 2.75) is 6.42 Å². The summed E-state index contributed by atoms with van der Waals surface area (Å²) in [6.07, 6.45) is 2.42. The van der Waals surface area contributed by atoms with Crippen LogP contribution >= 0.6 is 11.8 Å². The molecule has 0 saturated carbocycles. The number of morpholine rings is 1. The molecule has 24 heavy (non-hydrogen) atoms. The van der Waals surface area contributed by atoms with E-state index in [9.17, 15) is 9.59 Å². The van der Waals surface area contributed by atoms with Crippen LogP contribution in [-0.4, -0.2) is 68.6 Å². The first kappa shape index (κ1) is 18.6. The summed E-state index contributed by atoms with van der Waals surface area (Å²) in [5.74, 6) is 0.574. The molecule has 0 bridgehead atoms. The van der Waals surface area contributed by atoms with E-state index in [2.05, 4.69) is 10.2 Å².